The molecule has 11 heteroatoms. The monoisotopic (exact) mass is 423 g/mol. The molecule has 2 aromatic rings. The van der Waals surface area contributed by atoms with Gasteiger partial charge in [0.1, 0.15) is 11.4 Å². The predicted octanol–water partition coefficient (Wildman–Crippen LogP) is 3.34. The number of amides is 1. The largest absolute Gasteiger partial charge is 0.397 e. The number of aromatic nitrogens is 3. The highest BCUT2D eigenvalue weighted by atomic mass is 35.5. The summed E-state index contributed by atoms with van der Waals surface area (Å²) >= 11 is 6.84. The molecule has 0 aliphatic rings. The van der Waals surface area contributed by atoms with Crippen LogP contribution in [0.1, 0.15) is 13.8 Å². The molecule has 0 radical (unpaired) electrons. The summed E-state index contributed by atoms with van der Waals surface area (Å²) in [6.45, 7) is 3.61. The maximum Gasteiger partial charge on any atom is 0.397 e. The zero-order valence-corrected chi connectivity index (χ0v) is 16.2. The molecule has 0 spiro atoms. The van der Waals surface area contributed by atoms with Crippen molar-refractivity contribution >= 4 is 35.0 Å². The van der Waals surface area contributed by atoms with Crippen molar-refractivity contribution in [3.05, 3.63) is 35.9 Å². The van der Waals surface area contributed by atoms with Gasteiger partial charge in [0.15, 0.2) is 5.15 Å². The lowest BCUT2D eigenvalue weighted by Gasteiger charge is -2.23. The summed E-state index contributed by atoms with van der Waals surface area (Å²) in [5.41, 5.74) is 0.871. The molecule has 148 valence electrons. The van der Waals surface area contributed by atoms with Crippen LogP contribution in [0.2, 0.25) is 5.15 Å². The fourth-order valence-electron chi connectivity index (χ4n) is 2.38. The number of pyridine rings is 1. The van der Waals surface area contributed by atoms with Gasteiger partial charge in [-0.2, -0.15) is 30.0 Å². The summed E-state index contributed by atoms with van der Waals surface area (Å²) in [4.78, 5) is 14.1. The number of carbonyl (C=O) groups is 1. The molecule has 2 heterocycles. The van der Waals surface area contributed by atoms with E-state index >= 15 is 0 Å². The lowest BCUT2D eigenvalue weighted by atomic mass is 10.2. The van der Waals surface area contributed by atoms with Gasteiger partial charge in [0.2, 0.25) is 18.3 Å². The third-order valence-corrected chi connectivity index (χ3v) is 5.15. The van der Waals surface area contributed by atoms with Crippen molar-refractivity contribution in [3.8, 4) is 5.69 Å². The average molecular weight is 424 g/mol. The number of nitrogens with zero attached hydrogens (tertiary/aromatic N) is 4. The van der Waals surface area contributed by atoms with Crippen LogP contribution in [0.3, 0.4) is 0 Å². The summed E-state index contributed by atoms with van der Waals surface area (Å²) in [5.74, 6) is -1.90. The van der Waals surface area contributed by atoms with Gasteiger partial charge in [-0.1, -0.05) is 18.5 Å². The van der Waals surface area contributed by atoms with E-state index in [2.05, 4.69) is 5.10 Å². The van der Waals surface area contributed by atoms with Crippen LogP contribution in [0.5, 0.6) is 0 Å². The molecule has 1 amide bonds. The quantitative estimate of drug-likeness (QED) is 0.548. The second kappa shape index (κ2) is 8.83. The van der Waals surface area contributed by atoms with E-state index in [0.29, 0.717) is 23.1 Å². The summed E-state index contributed by atoms with van der Waals surface area (Å²) in [6, 6.07) is 3.29. The maximum atomic E-state index is 12.7. The van der Waals surface area contributed by atoms with Gasteiger partial charge in [0, 0.05) is 29.0 Å². The van der Waals surface area contributed by atoms with Gasteiger partial charge in [0.25, 0.3) is 0 Å². The minimum Gasteiger partial charge on any atom is -0.308 e. The van der Waals surface area contributed by atoms with Gasteiger partial charge in [-0.05, 0) is 13.0 Å². The van der Waals surface area contributed by atoms with Crippen molar-refractivity contribution in [2.75, 3.05) is 23.0 Å². The fourth-order valence-corrected chi connectivity index (χ4v) is 3.46. The minimum atomic E-state index is -4.26. The van der Waals surface area contributed by atoms with E-state index in [-0.39, 0.29) is 23.4 Å². The van der Waals surface area contributed by atoms with E-state index in [1.807, 2.05) is 0 Å². The van der Waals surface area contributed by atoms with Crippen LogP contribution in [-0.4, -0.2) is 45.1 Å². The van der Waals surface area contributed by atoms with Crippen LogP contribution < -0.4 is 9.63 Å². The van der Waals surface area contributed by atoms with Crippen LogP contribution >= 0.6 is 23.4 Å². The topological polar surface area (TPSA) is 62.2 Å². The van der Waals surface area contributed by atoms with Gasteiger partial charge in [-0.3, -0.25) is 10.0 Å². The number of halogens is 4. The Bertz CT molecular complexity index is 800. The maximum absolute atomic E-state index is 12.7. The Balaban J connectivity index is 2.15. The molecule has 1 atom stereocenters. The standard InChI is InChI=1S/C16H19ClF3N4O2S/c1-3-23(15(25)11(2)9-27-10-16(18,19)20)13-8-24(21-14(13)17)12-5-4-6-22(26)7-12/h4-8,11,26H,3,9-10H2,1-2H3/q+1. The highest BCUT2D eigenvalue weighted by molar-refractivity contribution is 7.99. The van der Waals surface area contributed by atoms with Crippen LogP contribution in [0.25, 0.3) is 5.69 Å². The molecular weight excluding hydrogens is 405 g/mol. The number of hydrogen-bond donors (Lipinski definition) is 1. The van der Waals surface area contributed by atoms with Crippen molar-refractivity contribution < 1.29 is 27.9 Å². The van der Waals surface area contributed by atoms with Crippen molar-refractivity contribution in [2.45, 2.75) is 20.0 Å². The molecule has 0 aliphatic carbocycles. The molecule has 0 bridgehead atoms. The molecule has 2 rings (SSSR count). The van der Waals surface area contributed by atoms with Crippen LogP contribution in [-0.2, 0) is 4.79 Å². The summed E-state index contributed by atoms with van der Waals surface area (Å²) in [7, 11) is 0. The van der Waals surface area contributed by atoms with E-state index in [1.165, 1.54) is 28.2 Å². The van der Waals surface area contributed by atoms with Crippen LogP contribution in [0.4, 0.5) is 18.9 Å². The van der Waals surface area contributed by atoms with Crippen molar-refractivity contribution in [2.24, 2.45) is 5.92 Å². The molecule has 0 saturated carbocycles. The van der Waals surface area contributed by atoms with Crippen molar-refractivity contribution in [3.63, 3.8) is 0 Å². The first-order chi connectivity index (χ1) is 12.6. The highest BCUT2D eigenvalue weighted by Crippen LogP contribution is 2.28. The molecule has 1 N–H and O–H groups in total. The van der Waals surface area contributed by atoms with E-state index in [4.69, 9.17) is 11.6 Å². The molecule has 0 saturated heterocycles. The van der Waals surface area contributed by atoms with E-state index in [1.54, 1.807) is 26.0 Å². The first-order valence-corrected chi connectivity index (χ1v) is 9.57. The average Bonchev–Trinajstić information content (AvgIpc) is 2.96. The second-order valence-corrected chi connectivity index (χ2v) is 7.19. The van der Waals surface area contributed by atoms with Gasteiger partial charge in [0.05, 0.1) is 11.9 Å². The Labute approximate surface area is 163 Å². The Morgan fingerprint density at radius 3 is 2.81 bits per heavy atom. The Morgan fingerprint density at radius 1 is 1.52 bits per heavy atom. The Morgan fingerprint density at radius 2 is 2.22 bits per heavy atom. The third-order valence-electron chi connectivity index (χ3n) is 3.61. The smallest absolute Gasteiger partial charge is 0.308 e. The molecule has 27 heavy (non-hydrogen) atoms. The van der Waals surface area contributed by atoms with E-state index in [0.717, 1.165) is 4.73 Å². The number of hydrogen-bond acceptors (Lipinski definition) is 4. The van der Waals surface area contributed by atoms with E-state index < -0.39 is 17.8 Å². The van der Waals surface area contributed by atoms with E-state index in [9.17, 15) is 23.2 Å². The summed E-state index contributed by atoms with van der Waals surface area (Å²) in [5, 5.41) is 13.7. The SMILES string of the molecule is CCN(C(=O)C(C)CSCC(F)(F)F)c1cn(-c2ccc[n+](O)c2)nc1Cl. The normalized spacial score (nSPS) is 12.8. The minimum absolute atomic E-state index is 0.0454. The lowest BCUT2D eigenvalue weighted by Crippen LogP contribution is -2.36. The number of carbonyl (C=O) groups excluding carboxylic acids is 1. The Kier molecular flexibility index (Phi) is 6.99. The molecule has 0 aliphatic heterocycles. The molecule has 2 aromatic heterocycles. The number of rotatable bonds is 7. The lowest BCUT2D eigenvalue weighted by molar-refractivity contribution is -0.904. The summed E-state index contributed by atoms with van der Waals surface area (Å²) in [6.07, 6.45) is 0.107. The first kappa shape index (κ1) is 21.4. The van der Waals surface area contributed by atoms with Gasteiger partial charge in [-0.25, -0.2) is 4.68 Å². The van der Waals surface area contributed by atoms with Gasteiger partial charge < -0.3 is 4.90 Å². The molecule has 1 unspecified atom stereocenters. The van der Waals surface area contributed by atoms with Gasteiger partial charge >= 0.3 is 6.18 Å². The molecule has 6 nitrogen and oxygen atoms in total. The Hall–Kier alpha value is -1.94. The van der Waals surface area contributed by atoms with Gasteiger partial charge in [-0.15, -0.1) is 0 Å². The molecule has 0 aromatic carbocycles. The molecular formula is C16H19ClF3N4O2S+. The third kappa shape index (κ3) is 5.77. The van der Waals surface area contributed by atoms with Crippen molar-refractivity contribution in [1.29, 1.82) is 0 Å². The zero-order chi connectivity index (χ0) is 20.2. The number of alkyl halides is 3. The highest BCUT2D eigenvalue weighted by Gasteiger charge is 2.29. The summed E-state index contributed by atoms with van der Waals surface area (Å²) < 4.78 is 39.1. The predicted molar refractivity (Wildman–Crippen MR) is 96.5 cm³/mol. The van der Waals surface area contributed by atoms with Crippen LogP contribution in [0, 0.1) is 5.92 Å². The fraction of sp³-hybridized carbons (Fsp3) is 0.438. The first-order valence-electron chi connectivity index (χ1n) is 8.04. The van der Waals surface area contributed by atoms with Crippen LogP contribution in [0.15, 0.2) is 30.7 Å². The number of thioether (sulfide) groups is 1. The second-order valence-electron chi connectivity index (χ2n) is 5.81. The molecule has 0 fully saturated rings. The van der Waals surface area contributed by atoms with Crippen molar-refractivity contribution in [1.82, 2.24) is 9.78 Å². The number of anilines is 1. The zero-order valence-electron chi connectivity index (χ0n) is 14.6.